The van der Waals surface area contributed by atoms with E-state index in [4.69, 9.17) is 0 Å². The van der Waals surface area contributed by atoms with Gasteiger partial charge in [-0.2, -0.15) is 4.52 Å². The van der Waals surface area contributed by atoms with Gasteiger partial charge in [-0.15, -0.1) is 5.10 Å². The summed E-state index contributed by atoms with van der Waals surface area (Å²) < 4.78 is 1.36. The third kappa shape index (κ3) is 2.80. The highest BCUT2D eigenvalue weighted by atomic mass is 32.1. The summed E-state index contributed by atoms with van der Waals surface area (Å²) in [5, 5.41) is 15.1. The van der Waals surface area contributed by atoms with Crippen LogP contribution in [0.5, 0.6) is 0 Å². The first-order chi connectivity index (χ1) is 10.1. The topological polar surface area (TPSA) is 70.7 Å². The van der Waals surface area contributed by atoms with Gasteiger partial charge in [-0.25, -0.2) is 4.98 Å². The number of aryl methyl sites for hydroxylation is 1. The minimum atomic E-state index is -0.342. The Morgan fingerprint density at radius 2 is 2.33 bits per heavy atom. The third-order valence-corrected chi connectivity index (χ3v) is 4.95. The van der Waals surface area contributed by atoms with E-state index in [1.807, 2.05) is 4.90 Å². The largest absolute Gasteiger partial charge is 0.391 e. The van der Waals surface area contributed by atoms with E-state index >= 15 is 0 Å². The maximum atomic E-state index is 12.1. The Labute approximate surface area is 127 Å². The molecule has 1 aliphatic heterocycles. The molecule has 2 aromatic rings. The molecule has 0 radical (unpaired) electrons. The number of piperidine rings is 1. The van der Waals surface area contributed by atoms with E-state index in [2.05, 4.69) is 23.9 Å². The number of anilines is 1. The van der Waals surface area contributed by atoms with Crippen molar-refractivity contribution in [1.29, 1.82) is 0 Å². The first-order valence-electron chi connectivity index (χ1n) is 7.41. The summed E-state index contributed by atoms with van der Waals surface area (Å²) in [7, 11) is 0. The first kappa shape index (κ1) is 14.5. The second-order valence-electron chi connectivity index (χ2n) is 5.69. The Kier molecular flexibility index (Phi) is 3.95. The fraction of sp³-hybridized carbons (Fsp3) is 0.643. The number of hydrogen-bond donors (Lipinski definition) is 1. The molecular formula is C14H20N4O2S. The molecule has 0 saturated carbocycles. The van der Waals surface area contributed by atoms with Crippen LogP contribution in [0.25, 0.3) is 4.96 Å². The summed E-state index contributed by atoms with van der Waals surface area (Å²) in [6, 6.07) is 1.56. The predicted octanol–water partition coefficient (Wildman–Crippen LogP) is 1.31. The molecule has 114 valence electrons. The summed E-state index contributed by atoms with van der Waals surface area (Å²) in [5.41, 5.74) is 0.696. The van der Waals surface area contributed by atoms with Gasteiger partial charge in [-0.05, 0) is 18.8 Å². The van der Waals surface area contributed by atoms with Crippen LogP contribution in [0.15, 0.2) is 10.9 Å². The van der Waals surface area contributed by atoms with E-state index in [1.165, 1.54) is 15.9 Å². The molecule has 7 heteroatoms. The van der Waals surface area contributed by atoms with Gasteiger partial charge in [0, 0.05) is 24.8 Å². The standard InChI is InChI=1S/C14H20N4O2S/c1-3-4-10-7-12(20)18-13(15-10)21-14(16-18)17-6-5-9(2)11(19)8-17/h7,9,11,19H,3-6,8H2,1-2H3. The quantitative estimate of drug-likeness (QED) is 0.926. The number of β-amino-alcohol motifs (C(OH)–C–C–N with tert-alkyl or cyclic N) is 1. The molecule has 21 heavy (non-hydrogen) atoms. The van der Waals surface area contributed by atoms with Gasteiger partial charge in [0.05, 0.1) is 6.10 Å². The van der Waals surface area contributed by atoms with E-state index in [-0.39, 0.29) is 11.7 Å². The average Bonchev–Trinajstić information content (AvgIpc) is 2.87. The predicted molar refractivity (Wildman–Crippen MR) is 83.1 cm³/mol. The number of aromatic nitrogens is 3. The molecule has 1 aliphatic rings. The molecule has 2 atom stereocenters. The van der Waals surface area contributed by atoms with Crippen molar-refractivity contribution < 1.29 is 5.11 Å². The summed E-state index contributed by atoms with van der Waals surface area (Å²) in [5.74, 6) is 0.313. The van der Waals surface area contributed by atoms with Gasteiger partial charge in [0.25, 0.3) is 5.56 Å². The molecule has 0 amide bonds. The molecule has 1 N–H and O–H groups in total. The lowest BCUT2D eigenvalue weighted by Crippen LogP contribution is -2.43. The van der Waals surface area contributed by atoms with E-state index in [0.717, 1.165) is 36.6 Å². The minimum absolute atomic E-state index is 0.128. The van der Waals surface area contributed by atoms with Crippen LogP contribution in [0.1, 0.15) is 32.4 Å². The fourth-order valence-electron chi connectivity index (χ4n) is 2.58. The highest BCUT2D eigenvalue weighted by Crippen LogP contribution is 2.26. The molecule has 1 fully saturated rings. The van der Waals surface area contributed by atoms with Crippen molar-refractivity contribution in [2.75, 3.05) is 18.0 Å². The second kappa shape index (κ2) is 5.73. The van der Waals surface area contributed by atoms with Crippen LogP contribution in [-0.2, 0) is 6.42 Å². The van der Waals surface area contributed by atoms with Gasteiger partial charge in [0.15, 0.2) is 0 Å². The molecule has 2 aromatic heterocycles. The van der Waals surface area contributed by atoms with E-state index in [9.17, 15) is 9.90 Å². The molecule has 2 unspecified atom stereocenters. The number of aliphatic hydroxyl groups is 1. The third-order valence-electron chi connectivity index (χ3n) is 3.98. The highest BCUT2D eigenvalue weighted by molar-refractivity contribution is 7.20. The first-order valence-corrected chi connectivity index (χ1v) is 8.23. The zero-order valence-corrected chi connectivity index (χ0v) is 13.1. The van der Waals surface area contributed by atoms with Gasteiger partial charge in [-0.3, -0.25) is 4.79 Å². The normalized spacial score (nSPS) is 22.9. The monoisotopic (exact) mass is 308 g/mol. The Hall–Kier alpha value is -1.47. The zero-order chi connectivity index (χ0) is 15.0. The Morgan fingerprint density at radius 1 is 1.52 bits per heavy atom. The van der Waals surface area contributed by atoms with Gasteiger partial charge in [-0.1, -0.05) is 31.6 Å². The summed E-state index contributed by atoms with van der Waals surface area (Å²) in [6.07, 6.45) is 2.36. The molecular weight excluding hydrogens is 288 g/mol. The van der Waals surface area contributed by atoms with Crippen LogP contribution in [0.3, 0.4) is 0 Å². The van der Waals surface area contributed by atoms with E-state index < -0.39 is 0 Å². The van der Waals surface area contributed by atoms with Crippen molar-refractivity contribution in [3.63, 3.8) is 0 Å². The van der Waals surface area contributed by atoms with Crippen molar-refractivity contribution in [3.05, 3.63) is 22.1 Å². The smallest absolute Gasteiger partial charge is 0.275 e. The van der Waals surface area contributed by atoms with E-state index in [0.29, 0.717) is 17.4 Å². The summed E-state index contributed by atoms with van der Waals surface area (Å²) in [4.78, 5) is 19.3. The van der Waals surface area contributed by atoms with Crippen LogP contribution in [0.4, 0.5) is 5.13 Å². The Morgan fingerprint density at radius 3 is 3.05 bits per heavy atom. The molecule has 3 rings (SSSR count). The lowest BCUT2D eigenvalue weighted by Gasteiger charge is -2.33. The van der Waals surface area contributed by atoms with Crippen molar-refractivity contribution in [2.45, 2.75) is 39.2 Å². The van der Waals surface area contributed by atoms with Gasteiger partial charge in [0.1, 0.15) is 0 Å². The van der Waals surface area contributed by atoms with Crippen LogP contribution in [0, 0.1) is 5.92 Å². The van der Waals surface area contributed by atoms with E-state index in [1.54, 1.807) is 6.07 Å². The number of rotatable bonds is 3. The average molecular weight is 308 g/mol. The van der Waals surface area contributed by atoms with Gasteiger partial charge in [0.2, 0.25) is 10.1 Å². The van der Waals surface area contributed by atoms with Crippen LogP contribution in [-0.4, -0.2) is 38.9 Å². The number of nitrogens with zero attached hydrogens (tertiary/aromatic N) is 4. The Balaban J connectivity index is 1.94. The Bertz CT molecular complexity index is 696. The molecule has 0 aliphatic carbocycles. The van der Waals surface area contributed by atoms with Crippen molar-refractivity contribution in [2.24, 2.45) is 5.92 Å². The van der Waals surface area contributed by atoms with Crippen LogP contribution in [0.2, 0.25) is 0 Å². The van der Waals surface area contributed by atoms with Crippen LogP contribution >= 0.6 is 11.3 Å². The van der Waals surface area contributed by atoms with Crippen molar-refractivity contribution in [1.82, 2.24) is 14.6 Å². The maximum absolute atomic E-state index is 12.1. The van der Waals surface area contributed by atoms with Gasteiger partial charge < -0.3 is 10.0 Å². The van der Waals surface area contributed by atoms with Gasteiger partial charge >= 0.3 is 0 Å². The lowest BCUT2D eigenvalue weighted by molar-refractivity contribution is 0.103. The number of aliphatic hydroxyl groups excluding tert-OH is 1. The SMILES string of the molecule is CCCc1cc(=O)n2nc(N3CCC(C)C(O)C3)sc2n1. The van der Waals surface area contributed by atoms with Crippen molar-refractivity contribution in [3.8, 4) is 0 Å². The molecule has 0 bridgehead atoms. The molecule has 1 saturated heterocycles. The molecule has 0 aromatic carbocycles. The van der Waals surface area contributed by atoms with Crippen LogP contribution < -0.4 is 10.5 Å². The van der Waals surface area contributed by atoms with Crippen molar-refractivity contribution >= 4 is 21.4 Å². The second-order valence-corrected chi connectivity index (χ2v) is 6.63. The fourth-order valence-corrected chi connectivity index (χ4v) is 3.54. The summed E-state index contributed by atoms with van der Waals surface area (Å²) in [6.45, 7) is 5.55. The lowest BCUT2D eigenvalue weighted by atomic mass is 9.96. The number of hydrogen-bond acceptors (Lipinski definition) is 6. The minimum Gasteiger partial charge on any atom is -0.391 e. The maximum Gasteiger partial charge on any atom is 0.275 e. The molecule has 6 nitrogen and oxygen atoms in total. The highest BCUT2D eigenvalue weighted by Gasteiger charge is 2.26. The summed E-state index contributed by atoms with van der Waals surface area (Å²) >= 11 is 1.42. The zero-order valence-electron chi connectivity index (χ0n) is 12.3. The molecule has 0 spiro atoms. The number of fused-ring (bicyclic) bond motifs is 1. The molecule has 3 heterocycles.